The SMILES string of the molecule is CCc1c(C)sc2nc(SCC(=O)N(C)c3ccccc3)n(CC3CCCO3)c(=O)c12. The molecule has 0 aliphatic carbocycles. The van der Waals surface area contributed by atoms with Crippen LogP contribution in [-0.2, 0) is 22.5 Å². The summed E-state index contributed by atoms with van der Waals surface area (Å²) in [5.74, 6) is 0.172. The molecule has 1 unspecified atom stereocenters. The molecule has 1 atom stereocenters. The third kappa shape index (κ3) is 4.56. The number of rotatable bonds is 7. The number of ether oxygens (including phenoxy) is 1. The van der Waals surface area contributed by atoms with Crippen molar-refractivity contribution in [3.05, 3.63) is 51.1 Å². The number of hydrogen-bond acceptors (Lipinski definition) is 6. The molecule has 1 aromatic carbocycles. The number of carbonyl (C=O) groups is 1. The van der Waals surface area contributed by atoms with Crippen LogP contribution in [-0.4, -0.2) is 41.0 Å². The Balaban J connectivity index is 1.65. The largest absolute Gasteiger partial charge is 0.376 e. The average molecular weight is 458 g/mol. The fourth-order valence-corrected chi connectivity index (χ4v) is 6.02. The van der Waals surface area contributed by atoms with Gasteiger partial charge in [0.25, 0.3) is 5.56 Å². The molecule has 8 heteroatoms. The van der Waals surface area contributed by atoms with E-state index in [2.05, 4.69) is 6.92 Å². The summed E-state index contributed by atoms with van der Waals surface area (Å²) in [6, 6.07) is 9.55. The summed E-state index contributed by atoms with van der Waals surface area (Å²) in [4.78, 5) is 34.6. The molecular formula is C23H27N3O3S2. The maximum absolute atomic E-state index is 13.5. The number of nitrogens with zero attached hydrogens (tertiary/aromatic N) is 3. The Morgan fingerprint density at radius 2 is 2.13 bits per heavy atom. The van der Waals surface area contributed by atoms with Crippen LogP contribution in [0.15, 0.2) is 40.3 Å². The van der Waals surface area contributed by atoms with E-state index < -0.39 is 0 Å². The van der Waals surface area contributed by atoms with E-state index in [4.69, 9.17) is 9.72 Å². The van der Waals surface area contributed by atoms with Crippen LogP contribution in [0.25, 0.3) is 10.2 Å². The van der Waals surface area contributed by atoms with Crippen LogP contribution in [0.2, 0.25) is 0 Å². The topological polar surface area (TPSA) is 64.4 Å². The monoisotopic (exact) mass is 457 g/mol. The quantitative estimate of drug-likeness (QED) is 0.392. The minimum Gasteiger partial charge on any atom is -0.376 e. The van der Waals surface area contributed by atoms with Crippen LogP contribution in [0.5, 0.6) is 0 Å². The number of para-hydroxylation sites is 1. The van der Waals surface area contributed by atoms with Gasteiger partial charge in [0, 0.05) is 24.2 Å². The zero-order valence-corrected chi connectivity index (χ0v) is 19.7. The van der Waals surface area contributed by atoms with Crippen LogP contribution in [0.3, 0.4) is 0 Å². The molecule has 164 valence electrons. The summed E-state index contributed by atoms with van der Waals surface area (Å²) in [5, 5.41) is 1.31. The van der Waals surface area contributed by atoms with E-state index in [0.717, 1.165) is 52.2 Å². The third-order valence-corrected chi connectivity index (χ3v) is 7.69. The molecular weight excluding hydrogens is 430 g/mol. The van der Waals surface area contributed by atoms with Gasteiger partial charge in [-0.1, -0.05) is 36.9 Å². The van der Waals surface area contributed by atoms with Crippen molar-refractivity contribution in [2.75, 3.05) is 24.3 Å². The molecule has 1 aliphatic rings. The molecule has 0 spiro atoms. The Morgan fingerprint density at radius 1 is 1.35 bits per heavy atom. The van der Waals surface area contributed by atoms with Gasteiger partial charge >= 0.3 is 0 Å². The molecule has 0 N–H and O–H groups in total. The van der Waals surface area contributed by atoms with Crippen molar-refractivity contribution in [2.45, 2.75) is 50.9 Å². The summed E-state index contributed by atoms with van der Waals surface area (Å²) in [6.07, 6.45) is 2.77. The predicted octanol–water partition coefficient (Wildman–Crippen LogP) is 4.26. The molecule has 1 saturated heterocycles. The Morgan fingerprint density at radius 3 is 2.81 bits per heavy atom. The number of fused-ring (bicyclic) bond motifs is 1. The lowest BCUT2D eigenvalue weighted by Crippen LogP contribution is -2.30. The van der Waals surface area contributed by atoms with Gasteiger partial charge in [-0.15, -0.1) is 11.3 Å². The summed E-state index contributed by atoms with van der Waals surface area (Å²) < 4.78 is 7.52. The molecule has 1 fully saturated rings. The molecule has 1 amide bonds. The van der Waals surface area contributed by atoms with Gasteiger partial charge in [-0.25, -0.2) is 4.98 Å². The highest BCUT2D eigenvalue weighted by Gasteiger charge is 2.23. The molecule has 0 saturated carbocycles. The van der Waals surface area contributed by atoms with Gasteiger partial charge < -0.3 is 9.64 Å². The first-order valence-electron chi connectivity index (χ1n) is 10.6. The van der Waals surface area contributed by atoms with Crippen molar-refractivity contribution in [3.63, 3.8) is 0 Å². The van der Waals surface area contributed by atoms with Gasteiger partial charge in [-0.2, -0.15) is 0 Å². The van der Waals surface area contributed by atoms with Gasteiger partial charge in [0.15, 0.2) is 5.16 Å². The van der Waals surface area contributed by atoms with Crippen LogP contribution in [0.1, 0.15) is 30.2 Å². The summed E-state index contributed by atoms with van der Waals surface area (Å²) in [6.45, 7) is 5.32. The average Bonchev–Trinajstić information content (AvgIpc) is 3.41. The van der Waals surface area contributed by atoms with E-state index >= 15 is 0 Å². The number of anilines is 1. The molecule has 3 heterocycles. The van der Waals surface area contributed by atoms with Gasteiger partial charge in [0.2, 0.25) is 5.91 Å². The number of hydrogen-bond donors (Lipinski definition) is 0. The van der Waals surface area contributed by atoms with Crippen LogP contribution < -0.4 is 10.5 Å². The first-order chi connectivity index (χ1) is 15.0. The fraction of sp³-hybridized carbons (Fsp3) is 0.435. The second-order valence-corrected chi connectivity index (χ2v) is 9.84. The highest BCUT2D eigenvalue weighted by molar-refractivity contribution is 7.99. The molecule has 2 aromatic heterocycles. The van der Waals surface area contributed by atoms with Crippen molar-refractivity contribution in [3.8, 4) is 0 Å². The lowest BCUT2D eigenvalue weighted by Gasteiger charge is -2.18. The second kappa shape index (κ2) is 9.54. The Hall–Kier alpha value is -2.16. The first kappa shape index (κ1) is 22.0. The fourth-order valence-electron chi connectivity index (χ4n) is 3.94. The number of benzene rings is 1. The smallest absolute Gasteiger partial charge is 0.263 e. The van der Waals surface area contributed by atoms with Gasteiger partial charge in [-0.05, 0) is 43.9 Å². The molecule has 31 heavy (non-hydrogen) atoms. The van der Waals surface area contributed by atoms with Crippen LogP contribution >= 0.6 is 23.1 Å². The standard InChI is InChI=1S/C23H27N3O3S2/c1-4-18-15(2)31-21-20(18)22(28)26(13-17-11-8-12-29-17)23(24-21)30-14-19(27)25(3)16-9-6-5-7-10-16/h5-7,9-10,17H,4,8,11-14H2,1-3H3. The molecule has 0 radical (unpaired) electrons. The number of amides is 1. The lowest BCUT2D eigenvalue weighted by molar-refractivity contribution is -0.115. The van der Waals surface area contributed by atoms with Crippen LogP contribution in [0, 0.1) is 6.92 Å². The van der Waals surface area contributed by atoms with E-state index in [0.29, 0.717) is 11.7 Å². The molecule has 0 bridgehead atoms. The molecule has 6 nitrogen and oxygen atoms in total. The molecule has 4 rings (SSSR count). The van der Waals surface area contributed by atoms with E-state index in [1.807, 2.05) is 37.3 Å². The maximum Gasteiger partial charge on any atom is 0.263 e. The third-order valence-electron chi connectivity index (χ3n) is 5.68. The first-order valence-corrected chi connectivity index (χ1v) is 12.4. The van der Waals surface area contributed by atoms with Crippen molar-refractivity contribution < 1.29 is 9.53 Å². The Labute approximate surface area is 190 Å². The molecule has 1 aliphatic heterocycles. The number of carbonyl (C=O) groups excluding carboxylic acids is 1. The Kier molecular flexibility index (Phi) is 6.79. The van der Waals surface area contributed by atoms with Crippen molar-refractivity contribution in [2.24, 2.45) is 0 Å². The number of aromatic nitrogens is 2. The second-order valence-electron chi connectivity index (χ2n) is 7.69. The van der Waals surface area contributed by atoms with E-state index in [1.54, 1.807) is 27.9 Å². The molecule has 3 aromatic rings. The van der Waals surface area contributed by atoms with Gasteiger partial charge in [0.1, 0.15) is 4.83 Å². The van der Waals surface area contributed by atoms with Crippen molar-refractivity contribution in [1.29, 1.82) is 0 Å². The van der Waals surface area contributed by atoms with E-state index in [-0.39, 0.29) is 23.3 Å². The normalized spacial score (nSPS) is 16.2. The van der Waals surface area contributed by atoms with Gasteiger partial charge in [0.05, 0.1) is 23.8 Å². The van der Waals surface area contributed by atoms with E-state index in [1.165, 1.54) is 11.8 Å². The van der Waals surface area contributed by atoms with Crippen molar-refractivity contribution in [1.82, 2.24) is 9.55 Å². The Bertz CT molecular complexity index is 1130. The predicted molar refractivity (Wildman–Crippen MR) is 128 cm³/mol. The summed E-state index contributed by atoms with van der Waals surface area (Å²) >= 11 is 2.88. The zero-order chi connectivity index (χ0) is 22.0. The number of thiophene rings is 1. The summed E-state index contributed by atoms with van der Waals surface area (Å²) in [7, 11) is 1.77. The van der Waals surface area contributed by atoms with Crippen LogP contribution in [0.4, 0.5) is 5.69 Å². The highest BCUT2D eigenvalue weighted by atomic mass is 32.2. The minimum absolute atomic E-state index is 0.0174. The maximum atomic E-state index is 13.5. The minimum atomic E-state index is -0.0363. The summed E-state index contributed by atoms with van der Waals surface area (Å²) in [5.41, 5.74) is 1.90. The lowest BCUT2D eigenvalue weighted by atomic mass is 10.1. The number of aryl methyl sites for hydroxylation is 2. The zero-order valence-electron chi connectivity index (χ0n) is 18.1. The highest BCUT2D eigenvalue weighted by Crippen LogP contribution is 2.30. The van der Waals surface area contributed by atoms with Crippen molar-refractivity contribution >= 4 is 44.9 Å². The van der Waals surface area contributed by atoms with E-state index in [9.17, 15) is 9.59 Å². The van der Waals surface area contributed by atoms with Gasteiger partial charge in [-0.3, -0.25) is 14.2 Å². The number of thioether (sulfide) groups is 1.